The highest BCUT2D eigenvalue weighted by Gasteiger charge is 2.10. The lowest BCUT2D eigenvalue weighted by molar-refractivity contribution is 0.233. The van der Waals surface area contributed by atoms with Crippen LogP contribution in [0.4, 0.5) is 0 Å². The normalized spacial score (nSPS) is 18.0. The molecule has 0 aliphatic carbocycles. The Morgan fingerprint density at radius 3 is 2.73 bits per heavy atom. The zero-order chi connectivity index (χ0) is 10.7. The summed E-state index contributed by atoms with van der Waals surface area (Å²) in [6, 6.07) is 1.89. The van der Waals surface area contributed by atoms with Crippen LogP contribution in [-0.2, 0) is 6.54 Å². The van der Waals surface area contributed by atoms with E-state index in [2.05, 4.69) is 15.2 Å². The number of pyridine rings is 1. The zero-order valence-corrected chi connectivity index (χ0v) is 9.85. The highest BCUT2D eigenvalue weighted by molar-refractivity contribution is 6.41. The van der Waals surface area contributed by atoms with Gasteiger partial charge >= 0.3 is 0 Å². The first-order chi connectivity index (χ1) is 7.25. The topological polar surface area (TPSA) is 28.2 Å². The fourth-order valence-corrected chi connectivity index (χ4v) is 1.97. The molecule has 15 heavy (non-hydrogen) atoms. The van der Waals surface area contributed by atoms with Crippen LogP contribution in [0.3, 0.4) is 0 Å². The van der Waals surface area contributed by atoms with Crippen molar-refractivity contribution >= 4 is 23.2 Å². The van der Waals surface area contributed by atoms with Crippen LogP contribution in [0.15, 0.2) is 12.3 Å². The Morgan fingerprint density at radius 2 is 2.07 bits per heavy atom. The maximum atomic E-state index is 5.91. The molecule has 0 spiro atoms. The zero-order valence-electron chi connectivity index (χ0n) is 8.34. The van der Waals surface area contributed by atoms with Gasteiger partial charge in [0.15, 0.2) is 0 Å². The van der Waals surface area contributed by atoms with E-state index < -0.39 is 0 Å². The van der Waals surface area contributed by atoms with E-state index in [1.54, 1.807) is 6.20 Å². The molecule has 1 aliphatic heterocycles. The second kappa shape index (κ2) is 5.12. The smallest absolute Gasteiger partial charge is 0.147 e. The first-order valence-corrected chi connectivity index (χ1v) is 5.74. The van der Waals surface area contributed by atoms with Gasteiger partial charge in [0.05, 0.1) is 5.02 Å². The predicted octanol–water partition coefficient (Wildman–Crippen LogP) is 1.79. The molecule has 0 atom stereocenters. The van der Waals surface area contributed by atoms with Crippen molar-refractivity contribution in [3.05, 3.63) is 28.0 Å². The molecular weight excluding hydrogens is 233 g/mol. The van der Waals surface area contributed by atoms with Crippen molar-refractivity contribution in [2.24, 2.45) is 0 Å². The van der Waals surface area contributed by atoms with Gasteiger partial charge < -0.3 is 5.32 Å². The average molecular weight is 246 g/mol. The van der Waals surface area contributed by atoms with Gasteiger partial charge in [-0.15, -0.1) is 0 Å². The summed E-state index contributed by atoms with van der Waals surface area (Å²) in [7, 11) is 0. The lowest BCUT2D eigenvalue weighted by atomic mass is 10.2. The van der Waals surface area contributed by atoms with Crippen molar-refractivity contribution in [2.45, 2.75) is 6.54 Å². The van der Waals surface area contributed by atoms with Gasteiger partial charge in [-0.3, -0.25) is 4.90 Å². The molecule has 0 aromatic carbocycles. The van der Waals surface area contributed by atoms with Crippen molar-refractivity contribution in [2.75, 3.05) is 26.2 Å². The van der Waals surface area contributed by atoms with Gasteiger partial charge in [-0.05, 0) is 11.6 Å². The molecule has 0 saturated carbocycles. The van der Waals surface area contributed by atoms with Crippen molar-refractivity contribution in [3.8, 4) is 0 Å². The van der Waals surface area contributed by atoms with E-state index >= 15 is 0 Å². The Kier molecular flexibility index (Phi) is 3.81. The lowest BCUT2D eigenvalue weighted by Gasteiger charge is -2.27. The van der Waals surface area contributed by atoms with E-state index in [-0.39, 0.29) is 0 Å². The Bertz CT molecular complexity index is 337. The van der Waals surface area contributed by atoms with Crippen molar-refractivity contribution < 1.29 is 0 Å². The van der Waals surface area contributed by atoms with E-state index in [1.807, 2.05) is 6.07 Å². The number of piperazine rings is 1. The highest BCUT2D eigenvalue weighted by atomic mass is 35.5. The van der Waals surface area contributed by atoms with Crippen LogP contribution in [0.1, 0.15) is 5.56 Å². The van der Waals surface area contributed by atoms with Gasteiger partial charge in [0.25, 0.3) is 0 Å². The van der Waals surface area contributed by atoms with Gasteiger partial charge in [0, 0.05) is 38.9 Å². The second-order valence-corrected chi connectivity index (χ2v) is 4.41. The highest BCUT2D eigenvalue weighted by Crippen LogP contribution is 2.20. The van der Waals surface area contributed by atoms with Crippen LogP contribution in [0.25, 0.3) is 0 Å². The molecule has 0 unspecified atom stereocenters. The Balaban J connectivity index is 2.00. The summed E-state index contributed by atoms with van der Waals surface area (Å²) in [6.45, 7) is 5.13. The molecule has 1 N–H and O–H groups in total. The third kappa shape index (κ3) is 3.05. The summed E-state index contributed by atoms with van der Waals surface area (Å²) < 4.78 is 0. The summed E-state index contributed by atoms with van der Waals surface area (Å²) >= 11 is 11.7. The maximum absolute atomic E-state index is 5.91. The molecule has 3 nitrogen and oxygen atoms in total. The molecule has 1 aromatic heterocycles. The van der Waals surface area contributed by atoms with Crippen molar-refractivity contribution in [1.82, 2.24) is 15.2 Å². The number of hydrogen-bond donors (Lipinski definition) is 1. The van der Waals surface area contributed by atoms with Crippen LogP contribution in [-0.4, -0.2) is 36.1 Å². The first-order valence-electron chi connectivity index (χ1n) is 4.99. The predicted molar refractivity (Wildman–Crippen MR) is 62.4 cm³/mol. The lowest BCUT2D eigenvalue weighted by Crippen LogP contribution is -2.42. The molecule has 0 amide bonds. The third-order valence-corrected chi connectivity index (χ3v) is 3.15. The van der Waals surface area contributed by atoms with Gasteiger partial charge in [0.2, 0.25) is 0 Å². The Labute approximate surface area is 99.4 Å². The van der Waals surface area contributed by atoms with Crippen LogP contribution >= 0.6 is 23.2 Å². The van der Waals surface area contributed by atoms with Gasteiger partial charge in [-0.1, -0.05) is 23.2 Å². The monoisotopic (exact) mass is 245 g/mol. The molecule has 1 saturated heterocycles. The minimum atomic E-state index is 0.376. The van der Waals surface area contributed by atoms with Gasteiger partial charge in [0.1, 0.15) is 5.15 Å². The number of halogens is 2. The maximum Gasteiger partial charge on any atom is 0.147 e. The number of nitrogens with one attached hydrogen (secondary N) is 1. The van der Waals surface area contributed by atoms with E-state index in [0.29, 0.717) is 10.2 Å². The largest absolute Gasteiger partial charge is 0.314 e. The number of rotatable bonds is 2. The fourth-order valence-electron chi connectivity index (χ4n) is 1.67. The van der Waals surface area contributed by atoms with Crippen LogP contribution < -0.4 is 5.32 Å². The molecule has 2 heterocycles. The molecule has 1 fully saturated rings. The quantitative estimate of drug-likeness (QED) is 0.806. The second-order valence-electron chi connectivity index (χ2n) is 3.64. The molecule has 1 aliphatic rings. The average Bonchev–Trinajstić information content (AvgIpc) is 2.25. The SMILES string of the molecule is Clc1cc(CN2CCNCC2)cnc1Cl. The van der Waals surface area contributed by atoms with E-state index in [0.717, 1.165) is 38.3 Å². The molecule has 5 heteroatoms. The molecule has 2 rings (SSSR count). The van der Waals surface area contributed by atoms with Crippen LogP contribution in [0.2, 0.25) is 10.2 Å². The first kappa shape index (κ1) is 11.1. The number of aromatic nitrogens is 1. The summed E-state index contributed by atoms with van der Waals surface area (Å²) in [5.74, 6) is 0. The summed E-state index contributed by atoms with van der Waals surface area (Å²) in [5.41, 5.74) is 1.12. The third-order valence-electron chi connectivity index (χ3n) is 2.47. The van der Waals surface area contributed by atoms with Crippen molar-refractivity contribution in [1.29, 1.82) is 0 Å². The minimum Gasteiger partial charge on any atom is -0.314 e. The summed E-state index contributed by atoms with van der Waals surface area (Å²) in [5, 5.41) is 4.22. The molecule has 1 aromatic rings. The van der Waals surface area contributed by atoms with E-state index in [4.69, 9.17) is 23.2 Å². The molecular formula is C10H13Cl2N3. The molecule has 0 bridgehead atoms. The van der Waals surface area contributed by atoms with E-state index in [9.17, 15) is 0 Å². The Hall–Kier alpha value is -0.350. The van der Waals surface area contributed by atoms with E-state index in [1.165, 1.54) is 0 Å². The standard InChI is InChI=1S/C10H13Cl2N3/c11-9-5-8(6-14-10(9)12)7-15-3-1-13-2-4-15/h5-6,13H,1-4,7H2. The summed E-state index contributed by atoms with van der Waals surface area (Å²) in [4.78, 5) is 6.41. The number of hydrogen-bond acceptors (Lipinski definition) is 3. The van der Waals surface area contributed by atoms with Crippen LogP contribution in [0, 0.1) is 0 Å². The fraction of sp³-hybridized carbons (Fsp3) is 0.500. The Morgan fingerprint density at radius 1 is 1.33 bits per heavy atom. The van der Waals surface area contributed by atoms with Gasteiger partial charge in [-0.2, -0.15) is 0 Å². The molecule has 0 radical (unpaired) electrons. The van der Waals surface area contributed by atoms with Crippen molar-refractivity contribution in [3.63, 3.8) is 0 Å². The number of nitrogens with zero attached hydrogens (tertiary/aromatic N) is 2. The molecule has 82 valence electrons. The van der Waals surface area contributed by atoms with Gasteiger partial charge in [-0.25, -0.2) is 4.98 Å². The summed E-state index contributed by atoms with van der Waals surface area (Å²) in [6.07, 6.45) is 1.79. The minimum absolute atomic E-state index is 0.376. The van der Waals surface area contributed by atoms with Crippen LogP contribution in [0.5, 0.6) is 0 Å².